The molecule has 1 aromatic rings. The maximum atomic E-state index is 12.2. The molecule has 0 aliphatic heterocycles. The molecule has 0 amide bonds. The third-order valence-electron chi connectivity index (χ3n) is 4.72. The molecule has 1 unspecified atom stereocenters. The number of Topliss-reactive ketones (excluding diaryl/α,β-unsaturated/α-hetero) is 3. The van der Waals surface area contributed by atoms with E-state index in [4.69, 9.17) is 5.11 Å². The van der Waals surface area contributed by atoms with Gasteiger partial charge in [-0.3, -0.25) is 9.59 Å². The van der Waals surface area contributed by atoms with Crippen LogP contribution >= 0.6 is 0 Å². The van der Waals surface area contributed by atoms with Crippen LogP contribution in [0.2, 0.25) is 0 Å². The predicted molar refractivity (Wildman–Crippen MR) is 125 cm³/mol. The normalized spacial score (nSPS) is 11.2. The van der Waals surface area contributed by atoms with Gasteiger partial charge in [-0.15, -0.1) is 0 Å². The minimum atomic E-state index is -1.20. The molecule has 0 saturated carbocycles. The first-order chi connectivity index (χ1) is 14.5. The average Bonchev–Trinajstić information content (AvgIpc) is 2.74. The van der Waals surface area contributed by atoms with Gasteiger partial charge in [-0.05, 0) is 13.3 Å². The zero-order valence-electron chi connectivity index (χ0n) is 19.6. The van der Waals surface area contributed by atoms with Gasteiger partial charge in [0.05, 0.1) is 0 Å². The Hall–Kier alpha value is -1.94. The van der Waals surface area contributed by atoms with Crippen LogP contribution in [0.25, 0.3) is 0 Å². The molecule has 0 fully saturated rings. The summed E-state index contributed by atoms with van der Waals surface area (Å²) in [7, 11) is -1.20. The third kappa shape index (κ3) is 11.9. The minimum absolute atomic E-state index is 0.0193. The summed E-state index contributed by atoms with van der Waals surface area (Å²) < 4.78 is 11.7. The van der Waals surface area contributed by atoms with Crippen LogP contribution in [-0.4, -0.2) is 35.3 Å². The van der Waals surface area contributed by atoms with Crippen molar-refractivity contribution in [1.82, 2.24) is 0 Å². The number of hydrogen-bond donors (Lipinski definition) is 1. The van der Waals surface area contributed by atoms with Gasteiger partial charge in [0.2, 0.25) is 0 Å². The molecule has 6 heteroatoms. The fourth-order valence-electron chi connectivity index (χ4n) is 2.45. The van der Waals surface area contributed by atoms with E-state index in [0.29, 0.717) is 42.6 Å². The van der Waals surface area contributed by atoms with Gasteiger partial charge in [-0.2, -0.15) is 0 Å². The van der Waals surface area contributed by atoms with E-state index in [2.05, 4.69) is 11.8 Å². The van der Waals surface area contributed by atoms with Crippen molar-refractivity contribution >= 4 is 28.0 Å². The molecule has 1 rings (SSSR count). The van der Waals surface area contributed by atoms with Crippen LogP contribution in [0.15, 0.2) is 23.1 Å². The quantitative estimate of drug-likeness (QED) is 0.197. The molecule has 0 aliphatic carbocycles. The predicted octanol–water partition coefficient (Wildman–Crippen LogP) is 4.57. The Morgan fingerprint density at radius 2 is 1.84 bits per heavy atom. The van der Waals surface area contributed by atoms with Gasteiger partial charge >= 0.3 is 122 Å². The molecular weight excluding hydrogens is 412 g/mol. The number of ketones is 3. The SMILES string of the molecule is CC(C)C(=O)c1cc(C#CCCCO)ccc1[S-](C)#[O+].CCC(=O)CCC(C)C(C)=O. The monoisotopic (exact) mass is 448 g/mol. The summed E-state index contributed by atoms with van der Waals surface area (Å²) in [6, 6.07) is 5.20. The minimum Gasteiger partial charge on any atom is -0.300 e. The van der Waals surface area contributed by atoms with E-state index in [-0.39, 0.29) is 35.8 Å². The smallest absolute Gasteiger partial charge is 0.132 e. The van der Waals surface area contributed by atoms with E-state index in [1.165, 1.54) is 0 Å². The van der Waals surface area contributed by atoms with E-state index in [1.54, 1.807) is 31.4 Å². The van der Waals surface area contributed by atoms with Gasteiger partial charge in [0, 0.05) is 18.8 Å². The summed E-state index contributed by atoms with van der Waals surface area (Å²) in [5.41, 5.74) is 1.23. The number of hydrogen-bond acceptors (Lipinski definition) is 5. The standard InChI is InChI=1S/C16H20O3S.C9H16O2/c1-12(2)16(18)14-11-13(7-5-4-6-10-17)8-9-15(14)20(3)19;1-4-9(11)6-5-7(2)8(3)10/h8-9,11-12,17H,4,6,10H2,1-3H3;7H,4-6H2,1-3H3. The van der Waals surface area contributed by atoms with Gasteiger partial charge < -0.3 is 0 Å². The maximum absolute atomic E-state index is 12.2. The fraction of sp³-hybridized carbons (Fsp3) is 0.560. The number of aliphatic hydroxyl groups is 1. The number of aliphatic hydroxyl groups excluding tert-OH is 1. The molecule has 5 nitrogen and oxygen atoms in total. The number of unbranched alkanes of at least 4 members (excludes halogenated alkanes) is 1. The molecule has 1 N–H and O–H groups in total. The number of carbonyl (C=O) groups excluding carboxylic acids is 3. The van der Waals surface area contributed by atoms with E-state index >= 15 is 0 Å². The van der Waals surface area contributed by atoms with Crippen LogP contribution in [0.4, 0.5) is 0 Å². The van der Waals surface area contributed by atoms with Crippen molar-refractivity contribution in [2.24, 2.45) is 11.8 Å². The van der Waals surface area contributed by atoms with Gasteiger partial charge in [0.15, 0.2) is 0 Å². The average molecular weight is 449 g/mol. The van der Waals surface area contributed by atoms with Crippen LogP contribution in [0, 0.1) is 23.7 Å². The summed E-state index contributed by atoms with van der Waals surface area (Å²) in [6.07, 6.45) is 4.68. The molecule has 0 radical (unpaired) electrons. The number of carbonyl (C=O) groups is 3. The molecule has 1 atom stereocenters. The Labute approximate surface area is 189 Å². The zero-order chi connectivity index (χ0) is 24.0. The molecular formula is C25H36O5S. The van der Waals surface area contributed by atoms with Gasteiger partial charge in [-0.25, -0.2) is 0 Å². The van der Waals surface area contributed by atoms with E-state index < -0.39 is 10.6 Å². The molecule has 31 heavy (non-hydrogen) atoms. The fourth-order valence-corrected chi connectivity index (χ4v) is 3.18. The first-order valence-corrected chi connectivity index (χ1v) is 12.2. The molecule has 1 aromatic carbocycles. The Morgan fingerprint density at radius 1 is 1.19 bits per heavy atom. The Bertz CT molecular complexity index is 881. The van der Waals surface area contributed by atoms with E-state index in [0.717, 1.165) is 5.56 Å². The van der Waals surface area contributed by atoms with Crippen molar-refractivity contribution in [2.45, 2.75) is 71.6 Å². The summed E-state index contributed by atoms with van der Waals surface area (Å²) in [4.78, 5) is 34.3. The van der Waals surface area contributed by atoms with Crippen molar-refractivity contribution in [3.05, 3.63) is 29.3 Å². The Balaban J connectivity index is 0.000000695. The first-order valence-electron chi connectivity index (χ1n) is 10.7. The molecule has 172 valence electrons. The largest absolute Gasteiger partial charge is 0.300 e. The molecule has 0 aliphatic rings. The van der Waals surface area contributed by atoms with Crippen molar-refractivity contribution in [2.75, 3.05) is 12.9 Å². The van der Waals surface area contributed by atoms with Crippen molar-refractivity contribution in [3.63, 3.8) is 0 Å². The summed E-state index contributed by atoms with van der Waals surface area (Å²) in [5, 5.41) is 8.69. The Morgan fingerprint density at radius 3 is 2.32 bits per heavy atom. The van der Waals surface area contributed by atoms with Crippen LogP contribution in [0.3, 0.4) is 0 Å². The van der Waals surface area contributed by atoms with Crippen LogP contribution in [-0.2, 0) is 24.3 Å². The van der Waals surface area contributed by atoms with E-state index in [9.17, 15) is 18.4 Å². The second-order valence-corrected chi connectivity index (χ2v) is 9.10. The van der Waals surface area contributed by atoms with Gasteiger partial charge in [-0.1, -0.05) is 13.8 Å². The van der Waals surface area contributed by atoms with Crippen molar-refractivity contribution < 1.29 is 23.5 Å². The summed E-state index contributed by atoms with van der Waals surface area (Å²) >= 11 is 0. The second kappa shape index (κ2) is 15.8. The van der Waals surface area contributed by atoms with E-state index in [1.807, 2.05) is 27.7 Å². The summed E-state index contributed by atoms with van der Waals surface area (Å²) in [6.45, 7) is 9.06. The van der Waals surface area contributed by atoms with Gasteiger partial charge in [0.1, 0.15) is 11.6 Å². The van der Waals surface area contributed by atoms with Gasteiger partial charge in [0.25, 0.3) is 0 Å². The molecule has 0 spiro atoms. The molecule has 0 bridgehead atoms. The van der Waals surface area contributed by atoms with Crippen LogP contribution < -0.4 is 0 Å². The number of rotatable bonds is 9. The molecule has 0 saturated heterocycles. The van der Waals surface area contributed by atoms with Crippen LogP contribution in [0.5, 0.6) is 0 Å². The first kappa shape index (κ1) is 29.1. The molecule has 0 heterocycles. The van der Waals surface area contributed by atoms with Crippen molar-refractivity contribution in [3.8, 4) is 11.8 Å². The number of benzene rings is 1. The zero-order valence-corrected chi connectivity index (χ0v) is 20.4. The topological polar surface area (TPSA) is 91.3 Å². The molecule has 0 aromatic heterocycles. The van der Waals surface area contributed by atoms with Crippen LogP contribution in [0.1, 0.15) is 82.6 Å². The summed E-state index contributed by atoms with van der Waals surface area (Å²) in [5.74, 6) is 6.22. The van der Waals surface area contributed by atoms with Crippen molar-refractivity contribution in [1.29, 1.82) is 0 Å². The Kier molecular flexibility index (Phi) is 14.8. The second-order valence-electron chi connectivity index (χ2n) is 7.76. The third-order valence-corrected chi connectivity index (χ3v) is 5.69. The maximum Gasteiger partial charge on any atom is 0.132 e.